The Morgan fingerprint density at radius 2 is 1.96 bits per heavy atom. The Labute approximate surface area is 164 Å². The second kappa shape index (κ2) is 6.45. The summed E-state index contributed by atoms with van der Waals surface area (Å²) in [4.78, 5) is 3.69. The van der Waals surface area contributed by atoms with Gasteiger partial charge in [-0.05, 0) is 49.1 Å². The second-order valence-electron chi connectivity index (χ2n) is 8.23. The number of aromatic amines is 1. The van der Waals surface area contributed by atoms with Crippen LogP contribution < -0.4 is 0 Å². The molecule has 2 aromatic heterocycles. The lowest BCUT2D eigenvalue weighted by Gasteiger charge is -2.21. The summed E-state index contributed by atoms with van der Waals surface area (Å²) in [5.41, 5.74) is 10.5. The highest BCUT2D eigenvalue weighted by Gasteiger charge is 2.25. The minimum atomic E-state index is -1.54. The number of halogens is 1. The van der Waals surface area contributed by atoms with E-state index in [2.05, 4.69) is 94.4 Å². The van der Waals surface area contributed by atoms with Crippen molar-refractivity contribution in [2.75, 3.05) is 0 Å². The summed E-state index contributed by atoms with van der Waals surface area (Å²) in [6.07, 6.45) is 5.55. The van der Waals surface area contributed by atoms with Crippen molar-refractivity contribution >= 4 is 45.7 Å². The Morgan fingerprint density at radius 1 is 1.15 bits per heavy atom. The fourth-order valence-corrected chi connectivity index (χ4v) is 6.14. The number of H-pyrrole nitrogens is 1. The van der Waals surface area contributed by atoms with Crippen molar-refractivity contribution in [1.29, 1.82) is 0 Å². The van der Waals surface area contributed by atoms with E-state index in [1.165, 1.54) is 49.5 Å². The molecule has 0 fully saturated rings. The van der Waals surface area contributed by atoms with Crippen LogP contribution in [0.4, 0.5) is 0 Å². The maximum absolute atomic E-state index is 3.90. The topological polar surface area (TPSA) is 20.7 Å². The molecule has 0 amide bonds. The summed E-state index contributed by atoms with van der Waals surface area (Å²) >= 11 is 3.75. The molecule has 0 saturated heterocycles. The van der Waals surface area contributed by atoms with Crippen LogP contribution in [0.2, 0.25) is 19.6 Å². The Kier molecular flexibility index (Phi) is 4.38. The van der Waals surface area contributed by atoms with Gasteiger partial charge in [-0.25, -0.2) is 0 Å². The van der Waals surface area contributed by atoms with Crippen LogP contribution in [0.15, 0.2) is 46.7 Å². The summed E-state index contributed by atoms with van der Waals surface area (Å²) in [7, 11) is 0.596. The lowest BCUT2D eigenvalue weighted by atomic mass is 9.92. The Balaban J connectivity index is 2.02. The molecular weight excluding hydrogens is 400 g/mol. The number of nitrogens with one attached hydrogen (secondary N) is 1. The molecule has 134 valence electrons. The van der Waals surface area contributed by atoms with Gasteiger partial charge >= 0.3 is 0 Å². The molecule has 26 heavy (non-hydrogen) atoms. The predicted molar refractivity (Wildman–Crippen MR) is 118 cm³/mol. The van der Waals surface area contributed by atoms with Crippen molar-refractivity contribution < 1.29 is 0 Å². The molecule has 1 aromatic carbocycles. The average Bonchev–Trinajstić information content (AvgIpc) is 3.16. The summed E-state index contributed by atoms with van der Waals surface area (Å²) in [6.45, 7) is 7.23. The lowest BCUT2D eigenvalue weighted by molar-refractivity contribution is 0.824. The Hall–Kier alpha value is -1.74. The first-order chi connectivity index (χ1) is 12.4. The second-order valence-corrected chi connectivity index (χ2v) is 14.1. The highest BCUT2D eigenvalue weighted by Crippen LogP contribution is 2.39. The number of fused-ring (bicyclic) bond motifs is 3. The van der Waals surface area contributed by atoms with Crippen molar-refractivity contribution in [2.45, 2.75) is 38.9 Å². The van der Waals surface area contributed by atoms with Gasteiger partial charge in [0.1, 0.15) is 0 Å². The van der Waals surface area contributed by atoms with Crippen LogP contribution in [-0.2, 0) is 13.5 Å². The largest absolute Gasteiger partial charge is 0.354 e. The molecule has 4 rings (SSSR count). The van der Waals surface area contributed by atoms with Gasteiger partial charge < -0.3 is 9.55 Å². The molecular formula is C22H25BrN2Si. The number of benzene rings is 1. The molecule has 1 aliphatic carbocycles. The minimum absolute atomic E-state index is 1.09. The zero-order valence-corrected chi connectivity index (χ0v) is 18.5. The quantitative estimate of drug-likeness (QED) is 0.355. The van der Waals surface area contributed by atoms with Crippen molar-refractivity contribution in [1.82, 2.24) is 9.55 Å². The standard InChI is InChI=1S/C22H25BrN2Si/c1-25-13-7-12-19(25)20(26(2,3)4)14-15-8-5-9-16-21-17(23)10-6-11-18(21)24-22(15)16/h6-7,10-13,24H,5,8-9H2,1-4H3. The molecule has 2 heterocycles. The molecule has 0 atom stereocenters. The number of aromatic nitrogens is 2. The number of hydrogen-bond acceptors (Lipinski definition) is 0. The van der Waals surface area contributed by atoms with Crippen LogP contribution in [0.5, 0.6) is 0 Å². The summed E-state index contributed by atoms with van der Waals surface area (Å²) in [6, 6.07) is 10.8. The van der Waals surface area contributed by atoms with Gasteiger partial charge in [0.2, 0.25) is 0 Å². The maximum atomic E-state index is 3.90. The van der Waals surface area contributed by atoms with Gasteiger partial charge in [-0.1, -0.05) is 41.6 Å². The highest BCUT2D eigenvalue weighted by molar-refractivity contribution is 9.10. The lowest BCUT2D eigenvalue weighted by Crippen LogP contribution is -2.23. The van der Waals surface area contributed by atoms with Crippen LogP contribution in [0.25, 0.3) is 21.7 Å². The van der Waals surface area contributed by atoms with Crippen molar-refractivity contribution in [3.05, 3.63) is 63.7 Å². The van der Waals surface area contributed by atoms with E-state index in [0.717, 1.165) is 12.8 Å². The van der Waals surface area contributed by atoms with Gasteiger partial charge in [0.25, 0.3) is 0 Å². The van der Waals surface area contributed by atoms with Gasteiger partial charge in [0.15, 0.2) is 0 Å². The summed E-state index contributed by atoms with van der Waals surface area (Å²) < 4.78 is 3.41. The Bertz CT molecular complexity index is 1060. The third kappa shape index (κ3) is 2.96. The summed E-state index contributed by atoms with van der Waals surface area (Å²) in [5, 5.41) is 2.75. The van der Waals surface area contributed by atoms with Gasteiger partial charge in [0.05, 0.1) is 13.8 Å². The van der Waals surface area contributed by atoms with E-state index in [4.69, 9.17) is 0 Å². The van der Waals surface area contributed by atoms with Gasteiger partial charge in [-0.2, -0.15) is 0 Å². The van der Waals surface area contributed by atoms with Gasteiger partial charge in [-0.3, -0.25) is 0 Å². The van der Waals surface area contributed by atoms with Gasteiger partial charge in [0, 0.05) is 45.1 Å². The van der Waals surface area contributed by atoms with Crippen molar-refractivity contribution in [3.8, 4) is 0 Å². The van der Waals surface area contributed by atoms with Crippen LogP contribution in [0, 0.1) is 0 Å². The van der Waals surface area contributed by atoms with Crippen LogP contribution in [0.1, 0.15) is 29.8 Å². The summed E-state index contributed by atoms with van der Waals surface area (Å²) in [5.74, 6) is 0. The average molecular weight is 425 g/mol. The van der Waals surface area contributed by atoms with E-state index < -0.39 is 8.07 Å². The van der Waals surface area contributed by atoms with Crippen LogP contribution in [-0.4, -0.2) is 17.6 Å². The van der Waals surface area contributed by atoms with Gasteiger partial charge in [-0.15, -0.1) is 5.73 Å². The number of allylic oxidation sites excluding steroid dienone is 1. The van der Waals surface area contributed by atoms with E-state index >= 15 is 0 Å². The van der Waals surface area contributed by atoms with Crippen molar-refractivity contribution in [2.24, 2.45) is 7.05 Å². The SMILES string of the molecule is Cn1cccc1C(=C=C1CCCc2c1[nH]c1cccc(Br)c21)[Si](C)(C)C. The first-order valence-corrected chi connectivity index (χ1v) is 13.6. The fourth-order valence-electron chi connectivity index (χ4n) is 3.98. The third-order valence-electron chi connectivity index (χ3n) is 5.26. The smallest absolute Gasteiger partial charge is 0.0903 e. The zero-order valence-electron chi connectivity index (χ0n) is 15.9. The first kappa shape index (κ1) is 17.7. The molecule has 2 nitrogen and oxygen atoms in total. The highest BCUT2D eigenvalue weighted by atomic mass is 79.9. The molecule has 0 bridgehead atoms. The molecule has 1 N–H and O–H groups in total. The van der Waals surface area contributed by atoms with Crippen LogP contribution in [0.3, 0.4) is 0 Å². The Morgan fingerprint density at radius 3 is 2.65 bits per heavy atom. The van der Waals surface area contributed by atoms with Crippen molar-refractivity contribution in [3.63, 3.8) is 0 Å². The van der Waals surface area contributed by atoms with E-state index in [0.29, 0.717) is 0 Å². The number of nitrogens with zero attached hydrogens (tertiary/aromatic N) is 1. The van der Waals surface area contributed by atoms with E-state index in [1.807, 2.05) is 0 Å². The first-order valence-electron chi connectivity index (χ1n) is 9.27. The number of rotatable bonds is 2. The molecule has 0 radical (unpaired) electrons. The molecule has 0 aliphatic heterocycles. The predicted octanol–water partition coefficient (Wildman–Crippen LogP) is 6.55. The molecule has 0 unspecified atom stereocenters. The zero-order chi connectivity index (χ0) is 18.5. The maximum Gasteiger partial charge on any atom is 0.0903 e. The normalized spacial score (nSPS) is 14.4. The number of hydrogen-bond donors (Lipinski definition) is 1. The van der Waals surface area contributed by atoms with E-state index in [9.17, 15) is 0 Å². The third-order valence-corrected chi connectivity index (χ3v) is 7.80. The molecule has 4 heteroatoms. The number of aryl methyl sites for hydroxylation is 2. The monoisotopic (exact) mass is 424 g/mol. The molecule has 0 saturated carbocycles. The minimum Gasteiger partial charge on any atom is -0.354 e. The van der Waals surface area contributed by atoms with Crippen LogP contribution >= 0.6 is 15.9 Å². The van der Waals surface area contributed by atoms with E-state index in [-0.39, 0.29) is 0 Å². The fraction of sp³-hybridized carbons (Fsp3) is 0.318. The van der Waals surface area contributed by atoms with E-state index in [1.54, 1.807) is 0 Å². The molecule has 3 aromatic rings. The molecule has 0 spiro atoms. The molecule has 1 aliphatic rings.